The quantitative estimate of drug-likeness (QED) is 0.438. The van der Waals surface area contributed by atoms with E-state index in [9.17, 15) is 13.2 Å². The first-order chi connectivity index (χ1) is 15.0. The second-order valence-electron chi connectivity index (χ2n) is 6.45. The molecule has 0 aliphatic carbocycles. The van der Waals surface area contributed by atoms with Crippen molar-refractivity contribution in [2.24, 2.45) is 0 Å². The molecule has 9 heteroatoms. The van der Waals surface area contributed by atoms with Gasteiger partial charge in [0.05, 0.1) is 10.5 Å². The number of para-hydroxylation sites is 1. The monoisotopic (exact) mass is 435 g/mol. The molecule has 1 aromatic heterocycles. The summed E-state index contributed by atoms with van der Waals surface area (Å²) in [4.78, 5) is 16.5. The van der Waals surface area contributed by atoms with E-state index in [1.165, 1.54) is 24.3 Å². The number of hydrogen-bond donors (Lipinski definition) is 1. The fourth-order valence-corrected chi connectivity index (χ4v) is 3.78. The third-order valence-corrected chi connectivity index (χ3v) is 5.65. The maximum atomic E-state index is 12.5. The Bertz CT molecular complexity index is 1270. The van der Waals surface area contributed by atoms with Gasteiger partial charge in [0, 0.05) is 11.3 Å². The summed E-state index contributed by atoms with van der Waals surface area (Å²) >= 11 is 0. The van der Waals surface area contributed by atoms with Crippen LogP contribution in [0.1, 0.15) is 16.2 Å². The largest absolute Gasteiger partial charge is 0.452 e. The highest BCUT2D eigenvalue weighted by molar-refractivity contribution is 7.92. The van der Waals surface area contributed by atoms with Crippen molar-refractivity contribution in [1.82, 2.24) is 10.1 Å². The minimum absolute atomic E-state index is 0.0253. The van der Waals surface area contributed by atoms with E-state index in [1.807, 2.05) is 30.3 Å². The van der Waals surface area contributed by atoms with Gasteiger partial charge in [0.15, 0.2) is 6.61 Å². The molecule has 1 heterocycles. The summed E-state index contributed by atoms with van der Waals surface area (Å²) in [7, 11) is -3.77. The lowest BCUT2D eigenvalue weighted by atomic mass is 10.2. The van der Waals surface area contributed by atoms with Crippen molar-refractivity contribution in [2.75, 3.05) is 4.72 Å². The number of sulfonamides is 1. The molecule has 0 amide bonds. The molecule has 3 aromatic carbocycles. The first kappa shape index (κ1) is 20.3. The summed E-state index contributed by atoms with van der Waals surface area (Å²) in [6.45, 7) is -0.200. The average molecular weight is 435 g/mol. The molecular weight excluding hydrogens is 418 g/mol. The van der Waals surface area contributed by atoms with Crippen molar-refractivity contribution in [2.45, 2.75) is 11.5 Å². The number of anilines is 1. The second kappa shape index (κ2) is 8.80. The van der Waals surface area contributed by atoms with Gasteiger partial charge in [0.2, 0.25) is 5.82 Å². The SMILES string of the molecule is O=C(OCc1nc(-c2ccccc2)no1)c1ccc(S(=O)(=O)Nc2ccccc2)cc1. The van der Waals surface area contributed by atoms with E-state index in [0.717, 1.165) is 5.56 Å². The van der Waals surface area contributed by atoms with Crippen LogP contribution in [0.5, 0.6) is 0 Å². The summed E-state index contributed by atoms with van der Waals surface area (Å²) in [5.74, 6) is -0.0926. The van der Waals surface area contributed by atoms with Crippen LogP contribution in [0.4, 0.5) is 5.69 Å². The Labute approximate surface area is 178 Å². The molecule has 0 saturated heterocycles. The number of rotatable bonds is 7. The summed E-state index contributed by atoms with van der Waals surface area (Å²) in [5.41, 5.74) is 1.42. The van der Waals surface area contributed by atoms with Crippen LogP contribution in [0, 0.1) is 0 Å². The van der Waals surface area contributed by atoms with Gasteiger partial charge >= 0.3 is 5.97 Å². The van der Waals surface area contributed by atoms with Crippen LogP contribution < -0.4 is 4.72 Å². The van der Waals surface area contributed by atoms with Crippen LogP contribution in [-0.4, -0.2) is 24.5 Å². The molecule has 0 aliphatic heterocycles. The number of benzene rings is 3. The number of nitrogens with one attached hydrogen (secondary N) is 1. The van der Waals surface area contributed by atoms with Gasteiger partial charge in [-0.2, -0.15) is 4.98 Å². The lowest BCUT2D eigenvalue weighted by Gasteiger charge is -2.08. The molecule has 0 unspecified atom stereocenters. The van der Waals surface area contributed by atoms with Gasteiger partial charge in [-0.1, -0.05) is 53.7 Å². The molecule has 4 aromatic rings. The zero-order chi connectivity index (χ0) is 21.7. The first-order valence-electron chi connectivity index (χ1n) is 9.24. The summed E-state index contributed by atoms with van der Waals surface area (Å²) in [5, 5.41) is 3.86. The third kappa shape index (κ3) is 4.96. The molecule has 0 saturated carbocycles. The number of carbonyl (C=O) groups is 1. The molecule has 0 fully saturated rings. The number of aromatic nitrogens is 2. The fourth-order valence-electron chi connectivity index (χ4n) is 2.72. The molecule has 156 valence electrons. The Morgan fingerprint density at radius 2 is 1.55 bits per heavy atom. The molecule has 0 bridgehead atoms. The summed E-state index contributed by atoms with van der Waals surface area (Å²) < 4.78 is 37.7. The topological polar surface area (TPSA) is 111 Å². The highest BCUT2D eigenvalue weighted by atomic mass is 32.2. The van der Waals surface area contributed by atoms with Crippen molar-refractivity contribution in [3.63, 3.8) is 0 Å². The molecule has 0 radical (unpaired) electrons. The minimum Gasteiger partial charge on any atom is -0.452 e. The molecule has 0 atom stereocenters. The lowest BCUT2D eigenvalue weighted by Crippen LogP contribution is -2.13. The highest BCUT2D eigenvalue weighted by Gasteiger charge is 2.16. The van der Waals surface area contributed by atoms with Crippen LogP contribution >= 0.6 is 0 Å². The van der Waals surface area contributed by atoms with Crippen LogP contribution in [0.3, 0.4) is 0 Å². The zero-order valence-electron chi connectivity index (χ0n) is 16.1. The van der Waals surface area contributed by atoms with Crippen LogP contribution in [0.2, 0.25) is 0 Å². The van der Waals surface area contributed by atoms with Crippen molar-refractivity contribution >= 4 is 21.7 Å². The predicted octanol–water partition coefficient (Wildman–Crippen LogP) is 3.89. The Morgan fingerprint density at radius 1 is 0.903 bits per heavy atom. The molecular formula is C22H17N3O5S. The van der Waals surface area contributed by atoms with Gasteiger partial charge < -0.3 is 9.26 Å². The number of esters is 1. The van der Waals surface area contributed by atoms with Gasteiger partial charge in [-0.15, -0.1) is 0 Å². The Balaban J connectivity index is 1.38. The number of ether oxygens (including phenoxy) is 1. The Hall–Kier alpha value is -3.98. The van der Waals surface area contributed by atoms with E-state index in [2.05, 4.69) is 14.9 Å². The van der Waals surface area contributed by atoms with Crippen LogP contribution in [0.25, 0.3) is 11.4 Å². The maximum Gasteiger partial charge on any atom is 0.338 e. The Kier molecular flexibility index (Phi) is 5.76. The number of carbonyl (C=O) groups excluding carboxylic acids is 1. The van der Waals surface area contributed by atoms with Gasteiger partial charge in [-0.25, -0.2) is 13.2 Å². The minimum atomic E-state index is -3.77. The normalized spacial score (nSPS) is 11.1. The number of nitrogens with zero attached hydrogens (tertiary/aromatic N) is 2. The van der Waals surface area contributed by atoms with E-state index in [-0.39, 0.29) is 23.0 Å². The van der Waals surface area contributed by atoms with Crippen molar-refractivity contribution < 1.29 is 22.5 Å². The highest BCUT2D eigenvalue weighted by Crippen LogP contribution is 2.18. The van der Waals surface area contributed by atoms with Crippen molar-refractivity contribution in [3.8, 4) is 11.4 Å². The molecule has 8 nitrogen and oxygen atoms in total. The Morgan fingerprint density at radius 3 is 2.23 bits per heavy atom. The van der Waals surface area contributed by atoms with Gasteiger partial charge in [0.1, 0.15) is 0 Å². The summed E-state index contributed by atoms with van der Waals surface area (Å²) in [6.07, 6.45) is 0. The zero-order valence-corrected chi connectivity index (χ0v) is 17.0. The molecule has 0 spiro atoms. The third-order valence-electron chi connectivity index (χ3n) is 4.25. The van der Waals surface area contributed by atoms with E-state index in [4.69, 9.17) is 9.26 Å². The second-order valence-corrected chi connectivity index (χ2v) is 8.13. The van der Waals surface area contributed by atoms with Crippen LogP contribution in [0.15, 0.2) is 94.3 Å². The standard InChI is InChI=1S/C22H17N3O5S/c26-22(29-15-20-23-21(24-30-20)16-7-3-1-4-8-16)17-11-13-19(14-12-17)31(27,28)25-18-9-5-2-6-10-18/h1-14,25H,15H2. The first-order valence-corrected chi connectivity index (χ1v) is 10.7. The van der Waals surface area contributed by atoms with E-state index in [0.29, 0.717) is 11.5 Å². The molecule has 0 aliphatic rings. The van der Waals surface area contributed by atoms with Crippen molar-refractivity contribution in [1.29, 1.82) is 0 Å². The molecule has 4 rings (SSSR count). The van der Waals surface area contributed by atoms with Gasteiger partial charge in [-0.05, 0) is 36.4 Å². The van der Waals surface area contributed by atoms with E-state index >= 15 is 0 Å². The van der Waals surface area contributed by atoms with E-state index < -0.39 is 16.0 Å². The van der Waals surface area contributed by atoms with Gasteiger partial charge in [0.25, 0.3) is 15.9 Å². The average Bonchev–Trinajstić information content (AvgIpc) is 3.28. The van der Waals surface area contributed by atoms with E-state index in [1.54, 1.807) is 30.3 Å². The number of hydrogen-bond acceptors (Lipinski definition) is 7. The maximum absolute atomic E-state index is 12.5. The molecule has 31 heavy (non-hydrogen) atoms. The lowest BCUT2D eigenvalue weighted by molar-refractivity contribution is 0.0429. The van der Waals surface area contributed by atoms with Crippen molar-refractivity contribution in [3.05, 3.63) is 96.4 Å². The van der Waals surface area contributed by atoms with Crippen LogP contribution in [-0.2, 0) is 21.4 Å². The fraction of sp³-hybridized carbons (Fsp3) is 0.0455. The summed E-state index contributed by atoms with van der Waals surface area (Å²) in [6, 6.07) is 23.2. The predicted molar refractivity (Wildman–Crippen MR) is 113 cm³/mol. The molecule has 1 N–H and O–H groups in total. The smallest absolute Gasteiger partial charge is 0.338 e. The van der Waals surface area contributed by atoms with Gasteiger partial charge in [-0.3, -0.25) is 4.72 Å².